The summed E-state index contributed by atoms with van der Waals surface area (Å²) in [6.07, 6.45) is 0. The van der Waals surface area contributed by atoms with Crippen molar-refractivity contribution in [3.8, 4) is 0 Å². The van der Waals surface area contributed by atoms with Crippen LogP contribution in [0, 0.1) is 0 Å². The van der Waals surface area contributed by atoms with Crippen molar-refractivity contribution in [3.63, 3.8) is 0 Å². The molecule has 0 saturated carbocycles. The van der Waals surface area contributed by atoms with Crippen LogP contribution in [0.5, 0.6) is 0 Å². The molecule has 0 radical (unpaired) electrons. The Hall–Kier alpha value is 2.02. The summed E-state index contributed by atoms with van der Waals surface area (Å²) in [6, 6.07) is 0. The summed E-state index contributed by atoms with van der Waals surface area (Å²) in [5.41, 5.74) is 0. The van der Waals surface area contributed by atoms with Gasteiger partial charge in [-0.2, -0.15) is 0 Å². The van der Waals surface area contributed by atoms with E-state index in [1.165, 1.54) is 0 Å². The molecule has 0 atom stereocenters. The van der Waals surface area contributed by atoms with Crippen molar-refractivity contribution in [1.29, 1.82) is 0 Å². The second kappa shape index (κ2) is 6.14. The standard InChI is InChI=1S/BF4.K.Li.2H/c2-1(3,4)5;;;;/q-1;2*+1;2*-1. The van der Waals surface area contributed by atoms with E-state index in [0.29, 0.717) is 0 Å². The maximum absolute atomic E-state index is 9.75. The number of halogens is 4. The molecule has 0 saturated heterocycles. The predicted octanol–water partition coefficient (Wildman–Crippen LogP) is -4.47. The topological polar surface area (TPSA) is 0 Å². The van der Waals surface area contributed by atoms with Crippen molar-refractivity contribution in [2.24, 2.45) is 0 Å². The molecule has 0 aromatic heterocycles. The summed E-state index contributed by atoms with van der Waals surface area (Å²) < 4.78 is 39.0. The Bertz CT molecular complexity index is 34.0. The Kier molecular flexibility index (Phi) is 14.0. The Balaban J connectivity index is -0.0000000133. The molecule has 0 aromatic rings. The van der Waals surface area contributed by atoms with E-state index in [0.717, 1.165) is 0 Å². The zero-order valence-electron chi connectivity index (χ0n) is 6.09. The van der Waals surface area contributed by atoms with Crippen molar-refractivity contribution in [2.45, 2.75) is 0 Å². The first-order valence-corrected chi connectivity index (χ1v) is 0.873. The van der Waals surface area contributed by atoms with E-state index in [2.05, 4.69) is 0 Å². The van der Waals surface area contributed by atoms with Crippen LogP contribution < -0.4 is 70.2 Å². The van der Waals surface area contributed by atoms with Crippen LogP contribution in [-0.4, -0.2) is 7.25 Å². The van der Waals surface area contributed by atoms with E-state index < -0.39 is 7.25 Å². The molecule has 0 N–H and O–H groups in total. The Morgan fingerprint density at radius 2 is 1.00 bits per heavy atom. The summed E-state index contributed by atoms with van der Waals surface area (Å²) in [7, 11) is -6.00. The molecule has 0 heterocycles. The molecule has 0 aliphatic carbocycles. The maximum Gasteiger partial charge on any atom is 1.00 e. The number of hydrogen-bond donors (Lipinski definition) is 0. The van der Waals surface area contributed by atoms with Crippen LogP contribution in [0.15, 0.2) is 0 Å². The van der Waals surface area contributed by atoms with Gasteiger partial charge in [0, 0.05) is 0 Å². The minimum atomic E-state index is -6.00. The van der Waals surface area contributed by atoms with E-state index in [-0.39, 0.29) is 73.1 Å². The van der Waals surface area contributed by atoms with Crippen molar-refractivity contribution in [2.75, 3.05) is 0 Å². The molecule has 0 amide bonds. The second-order valence-corrected chi connectivity index (χ2v) is 0.495. The van der Waals surface area contributed by atoms with Crippen molar-refractivity contribution < 1.29 is 90.4 Å². The fourth-order valence-corrected chi connectivity index (χ4v) is 0. The van der Waals surface area contributed by atoms with E-state index in [1.807, 2.05) is 0 Å². The van der Waals surface area contributed by atoms with Gasteiger partial charge in [-0.25, -0.2) is 0 Å². The molecule has 7 heavy (non-hydrogen) atoms. The first kappa shape index (κ1) is 16.0. The zero-order valence-corrected chi connectivity index (χ0v) is 7.21. The van der Waals surface area contributed by atoms with Crippen molar-refractivity contribution in [1.82, 2.24) is 0 Å². The van der Waals surface area contributed by atoms with E-state index in [4.69, 9.17) is 0 Å². The monoisotopic (exact) mass is 135 g/mol. The second-order valence-electron chi connectivity index (χ2n) is 0.495. The average Bonchev–Trinajstić information content (AvgIpc) is 0.722. The van der Waals surface area contributed by atoms with Gasteiger partial charge in [0.15, 0.2) is 0 Å². The third-order valence-electron chi connectivity index (χ3n) is 0. The molecule has 0 bridgehead atoms. The largest absolute Gasteiger partial charge is 1.00 e. The Labute approximate surface area is 96.1 Å². The Morgan fingerprint density at radius 3 is 1.00 bits per heavy atom. The van der Waals surface area contributed by atoms with Crippen LogP contribution in [-0.2, 0) is 0 Å². The molecule has 0 unspecified atom stereocenters. The summed E-state index contributed by atoms with van der Waals surface area (Å²) >= 11 is 0. The van der Waals surface area contributed by atoms with Crippen LogP contribution in [0.3, 0.4) is 0 Å². The fourth-order valence-electron chi connectivity index (χ4n) is 0. The molecule has 0 fully saturated rings. The van der Waals surface area contributed by atoms with Crippen LogP contribution in [0.2, 0.25) is 0 Å². The van der Waals surface area contributed by atoms with E-state index >= 15 is 0 Å². The van der Waals surface area contributed by atoms with Crippen LogP contribution in [0.1, 0.15) is 2.85 Å². The molecule has 0 nitrogen and oxygen atoms in total. The summed E-state index contributed by atoms with van der Waals surface area (Å²) in [5.74, 6) is 0. The molecule has 36 valence electrons. The molecule has 7 heteroatoms. The van der Waals surface area contributed by atoms with Gasteiger partial charge in [0.25, 0.3) is 0 Å². The first-order chi connectivity index (χ1) is 2.00. The molecule has 0 aliphatic rings. The fraction of sp³-hybridized carbons (Fsp3) is 0. The molecule has 0 aliphatic heterocycles. The van der Waals surface area contributed by atoms with Crippen molar-refractivity contribution in [3.05, 3.63) is 0 Å². The van der Waals surface area contributed by atoms with Gasteiger partial charge in [0.2, 0.25) is 0 Å². The minimum absolute atomic E-state index is 0. The van der Waals surface area contributed by atoms with Crippen LogP contribution in [0.25, 0.3) is 0 Å². The zero-order chi connectivity index (χ0) is 4.50. The van der Waals surface area contributed by atoms with Gasteiger partial charge < -0.3 is 20.1 Å². The van der Waals surface area contributed by atoms with E-state index in [9.17, 15) is 17.3 Å². The summed E-state index contributed by atoms with van der Waals surface area (Å²) in [5, 5.41) is 0. The average molecular weight is 135 g/mol. The quantitative estimate of drug-likeness (QED) is 0.232. The minimum Gasteiger partial charge on any atom is -1.00 e. The molecular formula is H2BF4KLi-. The first-order valence-electron chi connectivity index (χ1n) is 0.873. The van der Waals surface area contributed by atoms with E-state index in [1.54, 1.807) is 0 Å². The van der Waals surface area contributed by atoms with Gasteiger partial charge in [-0.15, -0.1) is 0 Å². The van der Waals surface area contributed by atoms with Gasteiger partial charge >= 0.3 is 77.5 Å². The third-order valence-corrected chi connectivity index (χ3v) is 0. The van der Waals surface area contributed by atoms with Gasteiger partial charge in [-0.1, -0.05) is 0 Å². The van der Waals surface area contributed by atoms with Gasteiger partial charge in [-0.3, -0.25) is 0 Å². The third kappa shape index (κ3) is 71.3. The maximum atomic E-state index is 9.75. The summed E-state index contributed by atoms with van der Waals surface area (Å²) in [6.45, 7) is 0. The SMILES string of the molecule is F[B-](F)(F)F.[H-].[H-].[K+].[Li+]. The predicted molar refractivity (Wildman–Crippen MR) is 12.4 cm³/mol. The Morgan fingerprint density at radius 1 is 1.00 bits per heavy atom. The number of rotatable bonds is 0. The molecule has 0 spiro atoms. The smallest absolute Gasteiger partial charge is 1.00 e. The van der Waals surface area contributed by atoms with Gasteiger partial charge in [0.05, 0.1) is 0 Å². The normalized spacial score (nSPS) is 8.57. The molecule has 0 aromatic carbocycles. The van der Waals surface area contributed by atoms with Crippen LogP contribution >= 0.6 is 0 Å². The molecule has 0 rings (SSSR count). The van der Waals surface area contributed by atoms with Gasteiger partial charge in [0.1, 0.15) is 0 Å². The van der Waals surface area contributed by atoms with Gasteiger partial charge in [-0.05, 0) is 0 Å². The van der Waals surface area contributed by atoms with Crippen LogP contribution in [0.4, 0.5) is 17.3 Å². The molecular weight excluding hydrogens is 133 g/mol. The van der Waals surface area contributed by atoms with Crippen molar-refractivity contribution >= 4 is 7.25 Å². The summed E-state index contributed by atoms with van der Waals surface area (Å²) in [4.78, 5) is 0. The number of hydrogen-bond acceptors (Lipinski definition) is 0.